The minimum atomic E-state index is -0.527. The van der Waals surface area contributed by atoms with E-state index in [2.05, 4.69) is 10.6 Å². The highest BCUT2D eigenvalue weighted by atomic mass is 16.5. The van der Waals surface area contributed by atoms with Crippen molar-refractivity contribution < 1.29 is 19.1 Å². The predicted molar refractivity (Wildman–Crippen MR) is 88.7 cm³/mol. The van der Waals surface area contributed by atoms with Crippen LogP contribution in [0.5, 0.6) is 5.75 Å². The number of carbonyl (C=O) groups excluding carboxylic acids is 3. The zero-order chi connectivity index (χ0) is 17.7. The van der Waals surface area contributed by atoms with Crippen molar-refractivity contribution in [3.8, 4) is 5.75 Å². The number of ether oxygens (including phenoxy) is 1. The molecule has 0 unspecified atom stereocenters. The molecule has 1 heterocycles. The largest absolute Gasteiger partial charge is 0.491 e. The Hall–Kier alpha value is -2.57. The number of urea groups is 1. The fraction of sp³-hybridized carbons (Fsp3) is 0.471. The zero-order valence-corrected chi connectivity index (χ0v) is 14.2. The molecule has 1 atom stereocenters. The first-order chi connectivity index (χ1) is 11.4. The first-order valence-electron chi connectivity index (χ1n) is 7.94. The number of nitrogens with one attached hydrogen (secondary N) is 2. The average molecular weight is 333 g/mol. The maximum Gasteiger partial charge on any atom is 0.324 e. The molecule has 1 fully saturated rings. The summed E-state index contributed by atoms with van der Waals surface area (Å²) < 4.78 is 5.80. The van der Waals surface area contributed by atoms with Gasteiger partial charge in [-0.1, -0.05) is 18.2 Å². The number of aryl methyl sites for hydroxylation is 2. The molecular formula is C17H23N3O4. The quantitative estimate of drug-likeness (QED) is 0.817. The van der Waals surface area contributed by atoms with E-state index >= 15 is 0 Å². The monoisotopic (exact) mass is 333 g/mol. The molecule has 24 heavy (non-hydrogen) atoms. The van der Waals surface area contributed by atoms with Crippen molar-refractivity contribution in [1.82, 2.24) is 15.5 Å². The van der Waals surface area contributed by atoms with E-state index in [0.29, 0.717) is 6.61 Å². The Kier molecular flexibility index (Phi) is 5.78. The minimum absolute atomic E-state index is 0.0765. The number of para-hydroxylation sites is 1. The van der Waals surface area contributed by atoms with Gasteiger partial charge in [0.25, 0.3) is 0 Å². The van der Waals surface area contributed by atoms with Gasteiger partial charge < -0.3 is 15.0 Å². The molecule has 7 nitrogen and oxygen atoms in total. The topological polar surface area (TPSA) is 87.7 Å². The fourth-order valence-corrected chi connectivity index (χ4v) is 2.52. The summed E-state index contributed by atoms with van der Waals surface area (Å²) in [6.07, 6.45) is 0.213. The standard InChI is InChI=1S/C17H23N3O4/c1-11-5-4-6-12(2)16(11)24-10-13(3)18-15(22)9-20-8-7-14(21)19-17(20)23/h4-6,13H,7-10H2,1-3H3,(H,18,22)(H,19,21,23)/t13-/m1/s1. The second-order valence-electron chi connectivity index (χ2n) is 6.03. The number of amides is 4. The summed E-state index contributed by atoms with van der Waals surface area (Å²) in [6.45, 7) is 6.30. The van der Waals surface area contributed by atoms with E-state index in [1.807, 2.05) is 39.0 Å². The zero-order valence-electron chi connectivity index (χ0n) is 14.2. The van der Waals surface area contributed by atoms with Crippen molar-refractivity contribution in [3.05, 3.63) is 29.3 Å². The molecule has 0 aliphatic carbocycles. The molecule has 0 bridgehead atoms. The number of imide groups is 1. The Bertz CT molecular complexity index is 624. The van der Waals surface area contributed by atoms with Crippen LogP contribution in [0.4, 0.5) is 4.79 Å². The predicted octanol–water partition coefficient (Wildman–Crippen LogP) is 1.13. The number of carbonyl (C=O) groups is 3. The molecule has 0 radical (unpaired) electrons. The molecule has 130 valence electrons. The van der Waals surface area contributed by atoms with Gasteiger partial charge in [0.05, 0.1) is 6.04 Å². The van der Waals surface area contributed by atoms with Crippen molar-refractivity contribution in [2.24, 2.45) is 0 Å². The van der Waals surface area contributed by atoms with E-state index in [0.717, 1.165) is 16.9 Å². The summed E-state index contributed by atoms with van der Waals surface area (Å²) >= 11 is 0. The van der Waals surface area contributed by atoms with E-state index in [9.17, 15) is 14.4 Å². The third-order valence-electron chi connectivity index (χ3n) is 3.77. The number of hydrogen-bond acceptors (Lipinski definition) is 4. The number of benzene rings is 1. The van der Waals surface area contributed by atoms with E-state index in [1.54, 1.807) is 0 Å². The van der Waals surface area contributed by atoms with Crippen molar-refractivity contribution in [2.45, 2.75) is 33.2 Å². The highest BCUT2D eigenvalue weighted by Crippen LogP contribution is 2.22. The molecule has 2 rings (SSSR count). The van der Waals surface area contributed by atoms with Crippen LogP contribution in [0.2, 0.25) is 0 Å². The Morgan fingerprint density at radius 3 is 2.62 bits per heavy atom. The summed E-state index contributed by atoms with van der Waals surface area (Å²) in [7, 11) is 0. The summed E-state index contributed by atoms with van der Waals surface area (Å²) in [5, 5.41) is 4.99. The van der Waals surface area contributed by atoms with Crippen molar-refractivity contribution in [3.63, 3.8) is 0 Å². The van der Waals surface area contributed by atoms with Gasteiger partial charge in [-0.25, -0.2) is 4.79 Å². The average Bonchev–Trinajstić information content (AvgIpc) is 2.49. The summed E-state index contributed by atoms with van der Waals surface area (Å²) in [5.41, 5.74) is 2.09. The van der Waals surface area contributed by atoms with Crippen LogP contribution in [0.3, 0.4) is 0 Å². The Morgan fingerprint density at radius 1 is 1.33 bits per heavy atom. The number of hydrogen-bond donors (Lipinski definition) is 2. The van der Waals surface area contributed by atoms with E-state index in [1.165, 1.54) is 4.90 Å². The SMILES string of the molecule is Cc1cccc(C)c1OC[C@@H](C)NC(=O)CN1CCC(=O)NC1=O. The molecule has 1 aromatic rings. The smallest absolute Gasteiger partial charge is 0.324 e. The van der Waals surface area contributed by atoms with E-state index in [4.69, 9.17) is 4.74 Å². The second-order valence-corrected chi connectivity index (χ2v) is 6.03. The Morgan fingerprint density at radius 2 is 2.00 bits per heavy atom. The molecule has 2 N–H and O–H groups in total. The van der Waals surface area contributed by atoms with Crippen LogP contribution in [0, 0.1) is 13.8 Å². The fourth-order valence-electron chi connectivity index (χ4n) is 2.52. The lowest BCUT2D eigenvalue weighted by molar-refractivity contribution is -0.125. The van der Waals surface area contributed by atoms with Gasteiger partial charge in [-0.3, -0.25) is 14.9 Å². The number of rotatable bonds is 6. The lowest BCUT2D eigenvalue weighted by atomic mass is 10.1. The molecular weight excluding hydrogens is 310 g/mol. The molecule has 1 aliphatic heterocycles. The van der Waals surface area contributed by atoms with Crippen LogP contribution < -0.4 is 15.4 Å². The van der Waals surface area contributed by atoms with Gasteiger partial charge in [0.1, 0.15) is 18.9 Å². The normalized spacial score (nSPS) is 15.7. The molecule has 1 saturated heterocycles. The molecule has 1 aromatic carbocycles. The third-order valence-corrected chi connectivity index (χ3v) is 3.77. The van der Waals surface area contributed by atoms with Crippen LogP contribution in [0.25, 0.3) is 0 Å². The lowest BCUT2D eigenvalue weighted by Crippen LogP contribution is -2.53. The first-order valence-corrected chi connectivity index (χ1v) is 7.94. The maximum atomic E-state index is 12.0. The van der Waals surface area contributed by atoms with Gasteiger partial charge in [-0.05, 0) is 31.9 Å². The Labute approximate surface area is 141 Å². The van der Waals surface area contributed by atoms with Crippen LogP contribution >= 0.6 is 0 Å². The summed E-state index contributed by atoms with van der Waals surface area (Å²) in [5.74, 6) is 0.233. The van der Waals surface area contributed by atoms with Gasteiger partial charge in [0, 0.05) is 13.0 Å². The molecule has 0 aromatic heterocycles. The van der Waals surface area contributed by atoms with Crippen LogP contribution in [-0.2, 0) is 9.59 Å². The Balaban J connectivity index is 1.79. The van der Waals surface area contributed by atoms with Gasteiger partial charge in [0.15, 0.2) is 0 Å². The minimum Gasteiger partial charge on any atom is -0.491 e. The molecule has 0 spiro atoms. The third kappa shape index (κ3) is 4.71. The molecule has 7 heteroatoms. The van der Waals surface area contributed by atoms with Crippen molar-refractivity contribution in [1.29, 1.82) is 0 Å². The highest BCUT2D eigenvalue weighted by molar-refractivity contribution is 5.98. The summed E-state index contributed by atoms with van der Waals surface area (Å²) in [4.78, 5) is 36.0. The lowest BCUT2D eigenvalue weighted by Gasteiger charge is -2.26. The van der Waals surface area contributed by atoms with Crippen molar-refractivity contribution in [2.75, 3.05) is 19.7 Å². The first kappa shape index (κ1) is 17.8. The van der Waals surface area contributed by atoms with E-state index in [-0.39, 0.29) is 37.4 Å². The van der Waals surface area contributed by atoms with Crippen LogP contribution in [0.1, 0.15) is 24.5 Å². The van der Waals surface area contributed by atoms with E-state index < -0.39 is 6.03 Å². The van der Waals surface area contributed by atoms with Gasteiger partial charge in [-0.15, -0.1) is 0 Å². The van der Waals surface area contributed by atoms with Crippen LogP contribution in [0.15, 0.2) is 18.2 Å². The summed E-state index contributed by atoms with van der Waals surface area (Å²) in [6, 6.07) is 5.19. The van der Waals surface area contributed by atoms with Gasteiger partial charge in [0.2, 0.25) is 11.8 Å². The van der Waals surface area contributed by atoms with Gasteiger partial charge in [-0.2, -0.15) is 0 Å². The molecule has 4 amide bonds. The number of nitrogens with zero attached hydrogens (tertiary/aromatic N) is 1. The second kappa shape index (κ2) is 7.81. The van der Waals surface area contributed by atoms with Crippen LogP contribution in [-0.4, -0.2) is 48.5 Å². The molecule has 0 saturated carbocycles. The molecule has 1 aliphatic rings. The van der Waals surface area contributed by atoms with Crippen molar-refractivity contribution >= 4 is 17.8 Å². The maximum absolute atomic E-state index is 12.0. The highest BCUT2D eigenvalue weighted by Gasteiger charge is 2.25. The van der Waals surface area contributed by atoms with Gasteiger partial charge >= 0.3 is 6.03 Å².